The number of piperidine rings is 1. The summed E-state index contributed by atoms with van der Waals surface area (Å²) < 4.78 is 25.8. The monoisotopic (exact) mass is 522 g/mol. The van der Waals surface area contributed by atoms with E-state index in [1.165, 1.54) is 25.9 Å². The third kappa shape index (κ3) is 7.28. The predicted octanol–water partition coefficient (Wildman–Crippen LogP) is 2.69. The number of likely N-dealkylation sites (tertiary alicyclic amines) is 2. The second-order valence-electron chi connectivity index (χ2n) is 10.5. The zero-order chi connectivity index (χ0) is 26.4. The first-order valence-electron chi connectivity index (χ1n) is 13.2. The van der Waals surface area contributed by atoms with Crippen molar-refractivity contribution in [2.75, 3.05) is 67.1 Å². The van der Waals surface area contributed by atoms with E-state index in [2.05, 4.69) is 23.6 Å². The Labute approximate surface area is 220 Å². The third-order valence-electron chi connectivity index (χ3n) is 7.78. The van der Waals surface area contributed by atoms with E-state index in [1.54, 1.807) is 11.4 Å². The molecule has 0 spiro atoms. The summed E-state index contributed by atoms with van der Waals surface area (Å²) in [6.07, 6.45) is 3.46. The molecule has 1 amide bonds. The minimum Gasteiger partial charge on any atom is -0.497 e. The molecule has 9 heteroatoms. The number of nitrogens with zero attached hydrogens (tertiary/aromatic N) is 4. The Morgan fingerprint density at radius 1 is 1.11 bits per heavy atom. The standard InChI is InChI=1S/C27H46N4O4S/c1-20(2)30-11-8-23(9-12-30)31-13-10-24(18-31)29(6)26(32)19-35-15-14-28(5)36(33)27-21(3)16-25(34-7)17-22(27)4/h16-17,20,23-24H,8-15,18-19H2,1-7H3/t24-,36?/m1/s1. The van der Waals surface area contributed by atoms with Gasteiger partial charge in [-0.25, -0.2) is 8.51 Å². The second-order valence-corrected chi connectivity index (χ2v) is 12.1. The molecule has 2 fully saturated rings. The fourth-order valence-corrected chi connectivity index (χ4v) is 6.60. The van der Waals surface area contributed by atoms with Crippen LogP contribution in [0.25, 0.3) is 0 Å². The molecular weight excluding hydrogens is 476 g/mol. The summed E-state index contributed by atoms with van der Waals surface area (Å²) in [5.41, 5.74) is 1.87. The fourth-order valence-electron chi connectivity index (χ4n) is 5.38. The summed E-state index contributed by atoms with van der Waals surface area (Å²) in [4.78, 5) is 20.6. The highest BCUT2D eigenvalue weighted by Gasteiger charge is 2.34. The zero-order valence-electron chi connectivity index (χ0n) is 23.3. The Balaban J connectivity index is 1.39. The maximum absolute atomic E-state index is 13.1. The maximum Gasteiger partial charge on any atom is 0.248 e. The number of methoxy groups -OCH3 is 1. The Hall–Kier alpha value is -1.52. The first kappa shape index (κ1) is 29.0. The van der Waals surface area contributed by atoms with Gasteiger partial charge in [0.1, 0.15) is 23.3 Å². The third-order valence-corrected chi connectivity index (χ3v) is 9.53. The maximum atomic E-state index is 13.1. The fraction of sp³-hybridized carbons (Fsp3) is 0.741. The van der Waals surface area contributed by atoms with Crippen molar-refractivity contribution in [1.82, 2.24) is 19.0 Å². The molecule has 0 bridgehead atoms. The molecule has 8 nitrogen and oxygen atoms in total. The molecule has 0 aliphatic carbocycles. The molecule has 0 radical (unpaired) electrons. The molecule has 3 rings (SSSR count). The summed E-state index contributed by atoms with van der Waals surface area (Å²) in [7, 11) is 4.04. The van der Waals surface area contributed by atoms with E-state index in [0.717, 1.165) is 41.3 Å². The molecule has 204 valence electrons. The van der Waals surface area contributed by atoms with E-state index >= 15 is 0 Å². The first-order valence-corrected chi connectivity index (χ1v) is 14.3. The highest BCUT2D eigenvalue weighted by molar-refractivity contribution is 7.82. The lowest BCUT2D eigenvalue weighted by molar-refractivity contribution is -0.136. The van der Waals surface area contributed by atoms with Gasteiger partial charge in [0.2, 0.25) is 5.91 Å². The van der Waals surface area contributed by atoms with Crippen LogP contribution < -0.4 is 4.74 Å². The van der Waals surface area contributed by atoms with Crippen LogP contribution in [0, 0.1) is 13.8 Å². The number of hydrogen-bond donors (Lipinski definition) is 0. The van der Waals surface area contributed by atoms with Gasteiger partial charge in [-0.15, -0.1) is 0 Å². The van der Waals surface area contributed by atoms with Gasteiger partial charge in [-0.2, -0.15) is 0 Å². The predicted molar refractivity (Wildman–Crippen MR) is 145 cm³/mol. The molecule has 0 N–H and O–H groups in total. The van der Waals surface area contributed by atoms with Crippen LogP contribution in [-0.2, 0) is 20.5 Å². The van der Waals surface area contributed by atoms with Gasteiger partial charge < -0.3 is 19.3 Å². The van der Waals surface area contributed by atoms with Crippen LogP contribution in [0.3, 0.4) is 0 Å². The Morgan fingerprint density at radius 3 is 2.33 bits per heavy atom. The summed E-state index contributed by atoms with van der Waals surface area (Å²) in [6.45, 7) is 13.7. The van der Waals surface area contributed by atoms with Crippen LogP contribution in [0.5, 0.6) is 5.75 Å². The lowest BCUT2D eigenvalue weighted by Crippen LogP contribution is -2.47. The van der Waals surface area contributed by atoms with E-state index in [-0.39, 0.29) is 18.6 Å². The average Bonchev–Trinajstić information content (AvgIpc) is 3.35. The molecule has 2 heterocycles. The van der Waals surface area contributed by atoms with Crippen molar-refractivity contribution in [3.05, 3.63) is 23.3 Å². The van der Waals surface area contributed by atoms with Crippen molar-refractivity contribution in [2.24, 2.45) is 0 Å². The quantitative estimate of drug-likeness (QED) is 0.417. The topological polar surface area (TPSA) is 65.6 Å². The number of carbonyl (C=O) groups excluding carboxylic acids is 1. The molecule has 1 aromatic rings. The Morgan fingerprint density at radius 2 is 1.75 bits per heavy atom. The van der Waals surface area contributed by atoms with Gasteiger partial charge in [0.25, 0.3) is 0 Å². The minimum absolute atomic E-state index is 0.0158. The molecule has 1 aromatic carbocycles. The lowest BCUT2D eigenvalue weighted by atomic mass is 10.0. The van der Waals surface area contributed by atoms with Crippen LogP contribution >= 0.6 is 0 Å². The van der Waals surface area contributed by atoms with Crippen LogP contribution in [0.15, 0.2) is 17.0 Å². The molecule has 36 heavy (non-hydrogen) atoms. The average molecular weight is 523 g/mol. The molecule has 2 saturated heterocycles. The van der Waals surface area contributed by atoms with Crippen molar-refractivity contribution in [2.45, 2.75) is 70.0 Å². The van der Waals surface area contributed by atoms with Gasteiger partial charge >= 0.3 is 0 Å². The zero-order valence-corrected chi connectivity index (χ0v) is 24.1. The smallest absolute Gasteiger partial charge is 0.248 e. The Kier molecular flexibility index (Phi) is 10.8. The normalized spacial score (nSPS) is 20.9. The lowest BCUT2D eigenvalue weighted by Gasteiger charge is -2.38. The van der Waals surface area contributed by atoms with E-state index in [4.69, 9.17) is 9.47 Å². The number of aryl methyl sites for hydroxylation is 2. The van der Waals surface area contributed by atoms with Crippen molar-refractivity contribution in [3.8, 4) is 5.75 Å². The highest BCUT2D eigenvalue weighted by Crippen LogP contribution is 2.26. The Bertz CT molecular complexity index is 881. The van der Waals surface area contributed by atoms with Crippen molar-refractivity contribution < 1.29 is 18.5 Å². The summed E-state index contributed by atoms with van der Waals surface area (Å²) in [5.74, 6) is 0.781. The molecule has 0 aromatic heterocycles. The van der Waals surface area contributed by atoms with Gasteiger partial charge in [-0.3, -0.25) is 9.69 Å². The largest absolute Gasteiger partial charge is 0.497 e. The molecule has 0 saturated carbocycles. The molecule has 2 atom stereocenters. The van der Waals surface area contributed by atoms with Crippen molar-refractivity contribution >= 4 is 16.9 Å². The number of benzene rings is 1. The van der Waals surface area contributed by atoms with Crippen LogP contribution in [0.1, 0.15) is 44.2 Å². The number of likely N-dealkylation sites (N-methyl/N-ethyl adjacent to an activating group) is 2. The molecule has 2 aliphatic rings. The van der Waals surface area contributed by atoms with E-state index < -0.39 is 11.0 Å². The van der Waals surface area contributed by atoms with Gasteiger partial charge in [0.15, 0.2) is 0 Å². The van der Waals surface area contributed by atoms with Crippen LogP contribution in [0.2, 0.25) is 0 Å². The molecule has 1 unspecified atom stereocenters. The minimum atomic E-state index is -1.30. The van der Waals surface area contributed by atoms with Gasteiger partial charge in [-0.1, -0.05) is 0 Å². The molecule has 2 aliphatic heterocycles. The number of amides is 1. The number of ether oxygens (including phenoxy) is 2. The second kappa shape index (κ2) is 13.3. The van der Waals surface area contributed by atoms with Crippen molar-refractivity contribution in [3.63, 3.8) is 0 Å². The first-order chi connectivity index (χ1) is 17.1. The SMILES string of the molecule is COc1cc(C)c(S(=O)N(C)CCOCC(=O)N(C)[C@@H]2CCN(C3CCN(C(C)C)CC3)C2)c(C)c1. The van der Waals surface area contributed by atoms with E-state index in [9.17, 15) is 9.00 Å². The van der Waals surface area contributed by atoms with Gasteiger partial charge in [-0.05, 0) is 83.3 Å². The van der Waals surface area contributed by atoms with E-state index in [1.807, 2.05) is 45.0 Å². The van der Waals surface area contributed by atoms with E-state index in [0.29, 0.717) is 25.2 Å². The summed E-state index contributed by atoms with van der Waals surface area (Å²) in [5, 5.41) is 0. The van der Waals surface area contributed by atoms with Gasteiger partial charge in [0.05, 0.1) is 18.6 Å². The van der Waals surface area contributed by atoms with Crippen molar-refractivity contribution in [1.29, 1.82) is 0 Å². The van der Waals surface area contributed by atoms with Crippen LogP contribution in [0.4, 0.5) is 0 Å². The van der Waals surface area contributed by atoms with Gasteiger partial charge in [0, 0.05) is 51.9 Å². The summed E-state index contributed by atoms with van der Waals surface area (Å²) in [6, 6.07) is 5.31. The van der Waals surface area contributed by atoms with Crippen LogP contribution in [-0.4, -0.2) is 114 Å². The molecular formula is C27H46N4O4S. The summed E-state index contributed by atoms with van der Waals surface area (Å²) >= 11 is 0. The highest BCUT2D eigenvalue weighted by atomic mass is 32.2. The number of carbonyl (C=O) groups is 1. The number of rotatable bonds is 11. The number of hydrogen-bond acceptors (Lipinski definition) is 6.